The van der Waals surface area contributed by atoms with E-state index in [9.17, 15) is 18.0 Å². The molecule has 146 valence electrons. The van der Waals surface area contributed by atoms with Crippen molar-refractivity contribution < 1.29 is 22.7 Å². The number of benzene rings is 1. The predicted molar refractivity (Wildman–Crippen MR) is 103 cm³/mol. The van der Waals surface area contributed by atoms with Gasteiger partial charge in [-0.25, -0.2) is 13.2 Å². The molecule has 1 aromatic carbocycles. The van der Waals surface area contributed by atoms with Gasteiger partial charge in [-0.05, 0) is 45.0 Å². The monoisotopic (exact) mass is 393 g/mol. The number of amides is 1. The zero-order valence-electron chi connectivity index (χ0n) is 15.7. The minimum atomic E-state index is -3.40. The number of carbonyl (C=O) groups excluding carboxylic acids is 2. The van der Waals surface area contributed by atoms with E-state index in [1.54, 1.807) is 49.6 Å². The molecule has 27 heavy (non-hydrogen) atoms. The fourth-order valence-corrected chi connectivity index (χ4v) is 3.23. The minimum absolute atomic E-state index is 0.0147. The molecule has 2 rings (SSSR count). The first-order valence-electron chi connectivity index (χ1n) is 8.32. The molecule has 0 bridgehead atoms. The van der Waals surface area contributed by atoms with Gasteiger partial charge in [0.05, 0.1) is 24.1 Å². The average molecular weight is 393 g/mol. The Bertz CT molecular complexity index is 963. The van der Waals surface area contributed by atoms with E-state index >= 15 is 0 Å². The van der Waals surface area contributed by atoms with Crippen LogP contribution in [-0.2, 0) is 26.1 Å². The highest BCUT2D eigenvalue weighted by Gasteiger charge is 2.18. The third-order valence-corrected chi connectivity index (χ3v) is 4.43. The van der Waals surface area contributed by atoms with Gasteiger partial charge in [0, 0.05) is 17.1 Å². The summed E-state index contributed by atoms with van der Waals surface area (Å²) in [5.41, 5.74) is 2.66. The molecule has 0 spiro atoms. The number of rotatable bonds is 7. The summed E-state index contributed by atoms with van der Waals surface area (Å²) < 4.78 is 31.7. The SMILES string of the molecule is CCOC(=O)c1cc(C)n(CC(=O)Nc2cccc(NS(C)(=O)=O)c2)c1C. The van der Waals surface area contributed by atoms with Crippen LogP contribution in [0.4, 0.5) is 11.4 Å². The molecule has 0 aliphatic rings. The lowest BCUT2D eigenvalue weighted by atomic mass is 10.2. The Hall–Kier alpha value is -2.81. The Labute approximate surface area is 158 Å². The van der Waals surface area contributed by atoms with Crippen LogP contribution in [0.25, 0.3) is 0 Å². The number of esters is 1. The van der Waals surface area contributed by atoms with Crippen molar-refractivity contribution in [2.24, 2.45) is 0 Å². The lowest BCUT2D eigenvalue weighted by Gasteiger charge is -2.11. The van der Waals surface area contributed by atoms with Gasteiger partial charge in [-0.3, -0.25) is 9.52 Å². The maximum atomic E-state index is 12.4. The largest absolute Gasteiger partial charge is 0.462 e. The van der Waals surface area contributed by atoms with E-state index in [4.69, 9.17) is 4.74 Å². The van der Waals surface area contributed by atoms with Gasteiger partial charge in [0.25, 0.3) is 0 Å². The van der Waals surface area contributed by atoms with Crippen LogP contribution in [-0.4, -0.2) is 37.7 Å². The van der Waals surface area contributed by atoms with E-state index in [0.29, 0.717) is 22.6 Å². The fourth-order valence-electron chi connectivity index (χ4n) is 2.68. The molecule has 0 fully saturated rings. The van der Waals surface area contributed by atoms with Crippen molar-refractivity contribution in [2.75, 3.05) is 22.9 Å². The van der Waals surface area contributed by atoms with Gasteiger partial charge in [0.2, 0.25) is 15.9 Å². The maximum absolute atomic E-state index is 12.4. The number of hydrogen-bond donors (Lipinski definition) is 2. The normalized spacial score (nSPS) is 11.1. The van der Waals surface area contributed by atoms with Crippen molar-refractivity contribution in [2.45, 2.75) is 27.3 Å². The third-order valence-electron chi connectivity index (χ3n) is 3.82. The summed E-state index contributed by atoms with van der Waals surface area (Å²) in [6.45, 7) is 5.59. The minimum Gasteiger partial charge on any atom is -0.462 e. The van der Waals surface area contributed by atoms with Crippen molar-refractivity contribution in [1.29, 1.82) is 0 Å². The first-order chi connectivity index (χ1) is 12.6. The standard InChI is InChI=1S/C18H23N3O5S/c1-5-26-18(23)16-9-12(2)21(13(16)3)11-17(22)19-14-7-6-8-15(10-14)20-27(4,24)25/h6-10,20H,5,11H2,1-4H3,(H,19,22). The molecule has 1 heterocycles. The van der Waals surface area contributed by atoms with Crippen LogP contribution in [0.15, 0.2) is 30.3 Å². The van der Waals surface area contributed by atoms with Gasteiger partial charge in [0.1, 0.15) is 6.54 Å². The molecular weight excluding hydrogens is 370 g/mol. The number of sulfonamides is 1. The van der Waals surface area contributed by atoms with E-state index in [2.05, 4.69) is 10.0 Å². The second kappa shape index (κ2) is 8.26. The number of hydrogen-bond acceptors (Lipinski definition) is 5. The first kappa shape index (κ1) is 20.5. The maximum Gasteiger partial charge on any atom is 0.339 e. The molecular formula is C18H23N3O5S. The molecule has 2 aromatic rings. The van der Waals surface area contributed by atoms with Gasteiger partial charge >= 0.3 is 5.97 Å². The van der Waals surface area contributed by atoms with Gasteiger partial charge in [-0.15, -0.1) is 0 Å². The molecule has 1 amide bonds. The molecule has 0 saturated heterocycles. The highest BCUT2D eigenvalue weighted by atomic mass is 32.2. The van der Waals surface area contributed by atoms with Gasteiger partial charge in [-0.2, -0.15) is 0 Å². The van der Waals surface area contributed by atoms with Crippen molar-refractivity contribution >= 4 is 33.3 Å². The third kappa shape index (κ3) is 5.58. The number of aromatic nitrogens is 1. The second-order valence-electron chi connectivity index (χ2n) is 6.09. The van der Waals surface area contributed by atoms with E-state index in [1.165, 1.54) is 6.07 Å². The summed E-state index contributed by atoms with van der Waals surface area (Å²) in [4.78, 5) is 24.4. The zero-order valence-corrected chi connectivity index (χ0v) is 16.5. The lowest BCUT2D eigenvalue weighted by Crippen LogP contribution is -2.20. The lowest BCUT2D eigenvalue weighted by molar-refractivity contribution is -0.116. The second-order valence-corrected chi connectivity index (χ2v) is 7.84. The van der Waals surface area contributed by atoms with E-state index in [-0.39, 0.29) is 19.1 Å². The molecule has 8 nitrogen and oxygen atoms in total. The summed E-state index contributed by atoms with van der Waals surface area (Å²) >= 11 is 0. The topological polar surface area (TPSA) is 106 Å². The van der Waals surface area contributed by atoms with E-state index < -0.39 is 16.0 Å². The van der Waals surface area contributed by atoms with Crippen molar-refractivity contribution in [3.05, 3.63) is 47.3 Å². The molecule has 0 aliphatic heterocycles. The highest BCUT2D eigenvalue weighted by molar-refractivity contribution is 7.92. The summed E-state index contributed by atoms with van der Waals surface area (Å²) in [6.07, 6.45) is 1.05. The van der Waals surface area contributed by atoms with Crippen molar-refractivity contribution in [3.63, 3.8) is 0 Å². The number of ether oxygens (including phenoxy) is 1. The Balaban J connectivity index is 2.13. The molecule has 0 unspecified atom stereocenters. The number of anilines is 2. The van der Waals surface area contributed by atoms with Gasteiger partial charge < -0.3 is 14.6 Å². The Morgan fingerprint density at radius 3 is 2.44 bits per heavy atom. The highest BCUT2D eigenvalue weighted by Crippen LogP contribution is 2.18. The molecule has 9 heteroatoms. The van der Waals surface area contributed by atoms with Gasteiger partial charge in [-0.1, -0.05) is 6.07 Å². The predicted octanol–water partition coefficient (Wildman–Crippen LogP) is 2.29. The number of aryl methyl sites for hydroxylation is 1. The molecule has 2 N–H and O–H groups in total. The van der Waals surface area contributed by atoms with Crippen LogP contribution in [0.1, 0.15) is 28.7 Å². The van der Waals surface area contributed by atoms with Crippen LogP contribution in [0.3, 0.4) is 0 Å². The smallest absolute Gasteiger partial charge is 0.339 e. The number of carbonyl (C=O) groups is 2. The molecule has 1 aromatic heterocycles. The molecule has 0 aliphatic carbocycles. The van der Waals surface area contributed by atoms with Crippen molar-refractivity contribution in [1.82, 2.24) is 4.57 Å². The van der Waals surface area contributed by atoms with E-state index in [0.717, 1.165) is 11.9 Å². The van der Waals surface area contributed by atoms with E-state index in [1.807, 2.05) is 0 Å². The number of nitrogens with one attached hydrogen (secondary N) is 2. The Morgan fingerprint density at radius 1 is 1.15 bits per heavy atom. The van der Waals surface area contributed by atoms with Crippen LogP contribution in [0, 0.1) is 13.8 Å². The molecule has 0 atom stereocenters. The van der Waals surface area contributed by atoms with Crippen molar-refractivity contribution in [3.8, 4) is 0 Å². The molecule has 0 radical (unpaired) electrons. The summed E-state index contributed by atoms with van der Waals surface area (Å²) in [6, 6.07) is 8.09. The summed E-state index contributed by atoms with van der Waals surface area (Å²) in [7, 11) is -3.40. The van der Waals surface area contributed by atoms with Crippen LogP contribution < -0.4 is 10.0 Å². The Kier molecular flexibility index (Phi) is 6.27. The average Bonchev–Trinajstić information content (AvgIpc) is 2.82. The van der Waals surface area contributed by atoms with Crippen LogP contribution >= 0.6 is 0 Å². The summed E-state index contributed by atoms with van der Waals surface area (Å²) in [5, 5.41) is 2.72. The fraction of sp³-hybridized carbons (Fsp3) is 0.333. The van der Waals surface area contributed by atoms with Gasteiger partial charge in [0.15, 0.2) is 0 Å². The van der Waals surface area contributed by atoms with Crippen LogP contribution in [0.2, 0.25) is 0 Å². The summed E-state index contributed by atoms with van der Waals surface area (Å²) in [5.74, 6) is -0.722. The zero-order chi connectivity index (χ0) is 20.2. The first-order valence-corrected chi connectivity index (χ1v) is 10.2. The Morgan fingerprint density at radius 2 is 1.81 bits per heavy atom. The number of nitrogens with zero attached hydrogens (tertiary/aromatic N) is 1. The quantitative estimate of drug-likeness (QED) is 0.702. The molecule has 0 saturated carbocycles. The van der Waals surface area contributed by atoms with Crippen LogP contribution in [0.5, 0.6) is 0 Å².